The molecule has 1 aliphatic carbocycles. The van der Waals surface area contributed by atoms with Gasteiger partial charge in [0, 0.05) is 5.57 Å². The zero-order chi connectivity index (χ0) is 6.31. The van der Waals surface area contributed by atoms with E-state index in [0.29, 0.717) is 11.3 Å². The molecule has 1 rings (SSSR count). The minimum Gasteiger partial charge on any atom is -0.399 e. The Labute approximate surface area is 46.8 Å². The molecule has 1 atom stereocenters. The van der Waals surface area contributed by atoms with Crippen LogP contribution < -0.4 is 5.73 Å². The Morgan fingerprint density at radius 3 is 2.38 bits per heavy atom. The molecule has 1 unspecified atom stereocenters. The Morgan fingerprint density at radius 1 is 1.75 bits per heavy atom. The molecule has 0 spiro atoms. The standard InChI is InChI=1S/C5H7NO2/c1-2-3(6)5(8)4(2)7/h5,8H,6H2,1H3. The summed E-state index contributed by atoms with van der Waals surface area (Å²) in [4.78, 5) is 10.4. The first-order chi connectivity index (χ1) is 3.64. The van der Waals surface area contributed by atoms with E-state index in [0.717, 1.165) is 0 Å². The number of hydrogen-bond acceptors (Lipinski definition) is 3. The van der Waals surface area contributed by atoms with Crippen LogP contribution in [0.2, 0.25) is 0 Å². The fourth-order valence-corrected chi connectivity index (χ4v) is 0.616. The molecule has 0 aromatic rings. The van der Waals surface area contributed by atoms with E-state index >= 15 is 0 Å². The second-order valence-corrected chi connectivity index (χ2v) is 1.85. The molecule has 0 aromatic heterocycles. The van der Waals surface area contributed by atoms with E-state index < -0.39 is 6.10 Å². The summed E-state index contributed by atoms with van der Waals surface area (Å²) in [6.45, 7) is 1.60. The first-order valence-corrected chi connectivity index (χ1v) is 2.33. The molecule has 3 N–H and O–H groups in total. The third-order valence-corrected chi connectivity index (χ3v) is 1.35. The van der Waals surface area contributed by atoms with Gasteiger partial charge in [-0.1, -0.05) is 0 Å². The predicted molar refractivity (Wildman–Crippen MR) is 27.9 cm³/mol. The van der Waals surface area contributed by atoms with Crippen LogP contribution in [-0.4, -0.2) is 17.0 Å². The van der Waals surface area contributed by atoms with Crippen LogP contribution in [0.5, 0.6) is 0 Å². The number of nitrogens with two attached hydrogens (primary N) is 1. The highest BCUT2D eigenvalue weighted by Crippen LogP contribution is 2.18. The number of rotatable bonds is 0. The second-order valence-electron chi connectivity index (χ2n) is 1.85. The molecule has 44 valence electrons. The van der Waals surface area contributed by atoms with Crippen LogP contribution in [-0.2, 0) is 4.79 Å². The lowest BCUT2D eigenvalue weighted by atomic mass is 9.91. The van der Waals surface area contributed by atoms with Crippen LogP contribution in [0.25, 0.3) is 0 Å². The van der Waals surface area contributed by atoms with Gasteiger partial charge in [-0.2, -0.15) is 0 Å². The van der Waals surface area contributed by atoms with Crippen molar-refractivity contribution in [2.45, 2.75) is 13.0 Å². The molecule has 0 amide bonds. The van der Waals surface area contributed by atoms with Gasteiger partial charge in [0.1, 0.15) is 0 Å². The van der Waals surface area contributed by atoms with Gasteiger partial charge in [0.2, 0.25) is 0 Å². The summed E-state index contributed by atoms with van der Waals surface area (Å²) >= 11 is 0. The minimum atomic E-state index is -1.00. The number of hydrogen-bond donors (Lipinski definition) is 2. The molecule has 1 aliphatic rings. The molecule has 0 saturated carbocycles. The predicted octanol–water partition coefficient (Wildman–Crippen LogP) is -0.837. The van der Waals surface area contributed by atoms with Crippen molar-refractivity contribution in [3.05, 3.63) is 11.3 Å². The highest BCUT2D eigenvalue weighted by Gasteiger charge is 2.31. The molecule has 0 aliphatic heterocycles. The van der Waals surface area contributed by atoms with Gasteiger partial charge in [-0.15, -0.1) is 0 Å². The molecular formula is C5H7NO2. The van der Waals surface area contributed by atoms with E-state index in [2.05, 4.69) is 0 Å². The van der Waals surface area contributed by atoms with Gasteiger partial charge in [-0.3, -0.25) is 4.79 Å². The lowest BCUT2D eigenvalue weighted by Crippen LogP contribution is -2.39. The average molecular weight is 113 g/mol. The summed E-state index contributed by atoms with van der Waals surface area (Å²) in [6.07, 6.45) is -1.00. The normalized spacial score (nSPS) is 28.2. The summed E-state index contributed by atoms with van der Waals surface area (Å²) in [5.74, 6) is -0.248. The van der Waals surface area contributed by atoms with Crippen LogP contribution >= 0.6 is 0 Å². The molecule has 3 nitrogen and oxygen atoms in total. The number of carbonyl (C=O) groups is 1. The summed E-state index contributed by atoms with van der Waals surface area (Å²) in [5.41, 5.74) is 5.98. The summed E-state index contributed by atoms with van der Waals surface area (Å²) in [6, 6.07) is 0. The topological polar surface area (TPSA) is 63.3 Å². The molecule has 0 bridgehead atoms. The third-order valence-electron chi connectivity index (χ3n) is 1.35. The van der Waals surface area contributed by atoms with Gasteiger partial charge < -0.3 is 10.8 Å². The number of aliphatic hydroxyl groups excluding tert-OH is 1. The van der Waals surface area contributed by atoms with Crippen LogP contribution in [0.15, 0.2) is 11.3 Å². The van der Waals surface area contributed by atoms with E-state index in [-0.39, 0.29) is 5.78 Å². The lowest BCUT2D eigenvalue weighted by molar-refractivity contribution is -0.124. The highest BCUT2D eigenvalue weighted by molar-refractivity contribution is 6.07. The van der Waals surface area contributed by atoms with Crippen molar-refractivity contribution in [1.82, 2.24) is 0 Å². The Bertz CT molecular complexity index is 171. The molecule has 0 saturated heterocycles. The number of ketones is 1. The summed E-state index contributed by atoms with van der Waals surface area (Å²) < 4.78 is 0. The van der Waals surface area contributed by atoms with Crippen molar-refractivity contribution >= 4 is 5.78 Å². The molecule has 3 heteroatoms. The zero-order valence-electron chi connectivity index (χ0n) is 4.51. The van der Waals surface area contributed by atoms with Crippen molar-refractivity contribution in [2.24, 2.45) is 5.73 Å². The highest BCUT2D eigenvalue weighted by atomic mass is 16.3. The maximum Gasteiger partial charge on any atom is 0.194 e. The SMILES string of the molecule is CC1=C(N)C(O)C1=O. The first kappa shape index (κ1) is 5.31. The number of Topliss-reactive ketones (excluding diaryl/α,β-unsaturated/α-hetero) is 1. The number of aliphatic hydroxyl groups is 1. The van der Waals surface area contributed by atoms with Crippen LogP contribution in [0.1, 0.15) is 6.92 Å². The molecule has 0 heterocycles. The third kappa shape index (κ3) is 0.391. The van der Waals surface area contributed by atoms with Gasteiger partial charge in [-0.05, 0) is 6.92 Å². The molecule has 0 radical (unpaired) electrons. The maximum absolute atomic E-state index is 10.4. The smallest absolute Gasteiger partial charge is 0.194 e. The largest absolute Gasteiger partial charge is 0.399 e. The fraction of sp³-hybridized carbons (Fsp3) is 0.400. The Kier molecular flexibility index (Phi) is 0.877. The molecular weight excluding hydrogens is 106 g/mol. The zero-order valence-corrected chi connectivity index (χ0v) is 4.51. The quantitative estimate of drug-likeness (QED) is 0.430. The Morgan fingerprint density at radius 2 is 2.25 bits per heavy atom. The van der Waals surface area contributed by atoms with Crippen LogP contribution in [0, 0.1) is 0 Å². The molecule has 0 fully saturated rings. The average Bonchev–Trinajstić information content (AvgIpc) is 1.83. The van der Waals surface area contributed by atoms with E-state index in [4.69, 9.17) is 10.8 Å². The van der Waals surface area contributed by atoms with Crippen molar-refractivity contribution < 1.29 is 9.90 Å². The lowest BCUT2D eigenvalue weighted by Gasteiger charge is -2.21. The van der Waals surface area contributed by atoms with Crippen molar-refractivity contribution in [1.29, 1.82) is 0 Å². The van der Waals surface area contributed by atoms with Gasteiger partial charge in [-0.25, -0.2) is 0 Å². The Balaban J connectivity index is 2.90. The van der Waals surface area contributed by atoms with Crippen molar-refractivity contribution in [3.8, 4) is 0 Å². The minimum absolute atomic E-state index is 0.248. The van der Waals surface area contributed by atoms with E-state index in [1.807, 2.05) is 0 Å². The van der Waals surface area contributed by atoms with E-state index in [9.17, 15) is 4.79 Å². The first-order valence-electron chi connectivity index (χ1n) is 2.33. The van der Waals surface area contributed by atoms with Crippen LogP contribution in [0.4, 0.5) is 0 Å². The summed E-state index contributed by atoms with van der Waals surface area (Å²) in [7, 11) is 0. The maximum atomic E-state index is 10.4. The van der Waals surface area contributed by atoms with Gasteiger partial charge >= 0.3 is 0 Å². The van der Waals surface area contributed by atoms with Gasteiger partial charge in [0.05, 0.1) is 5.70 Å². The van der Waals surface area contributed by atoms with Crippen molar-refractivity contribution in [3.63, 3.8) is 0 Å². The van der Waals surface area contributed by atoms with Crippen LogP contribution in [0.3, 0.4) is 0 Å². The molecule has 8 heavy (non-hydrogen) atoms. The monoisotopic (exact) mass is 113 g/mol. The van der Waals surface area contributed by atoms with Gasteiger partial charge in [0.25, 0.3) is 0 Å². The van der Waals surface area contributed by atoms with E-state index in [1.165, 1.54) is 0 Å². The second kappa shape index (κ2) is 1.32. The fourth-order valence-electron chi connectivity index (χ4n) is 0.616. The Hall–Kier alpha value is -0.830. The van der Waals surface area contributed by atoms with E-state index in [1.54, 1.807) is 6.92 Å². The van der Waals surface area contributed by atoms with Crippen molar-refractivity contribution in [2.75, 3.05) is 0 Å². The number of carbonyl (C=O) groups excluding carboxylic acids is 1. The van der Waals surface area contributed by atoms with Gasteiger partial charge in [0.15, 0.2) is 11.9 Å². The molecule has 0 aromatic carbocycles. The summed E-state index contributed by atoms with van der Waals surface area (Å²) in [5, 5.41) is 8.62.